The summed E-state index contributed by atoms with van der Waals surface area (Å²) in [6, 6.07) is 5.32. The molecule has 4 heterocycles. The van der Waals surface area contributed by atoms with Crippen molar-refractivity contribution in [3.8, 4) is 21.8 Å². The van der Waals surface area contributed by atoms with Gasteiger partial charge >= 0.3 is 0 Å². The molecule has 1 saturated heterocycles. The molecule has 37 heavy (non-hydrogen) atoms. The highest BCUT2D eigenvalue weighted by atomic mass is 32.1. The zero-order valence-electron chi connectivity index (χ0n) is 22.3. The van der Waals surface area contributed by atoms with Crippen LogP contribution in [-0.4, -0.2) is 63.8 Å². The summed E-state index contributed by atoms with van der Waals surface area (Å²) < 4.78 is 2.27. The van der Waals surface area contributed by atoms with Gasteiger partial charge in [-0.05, 0) is 77.8 Å². The number of fused-ring (bicyclic) bond motifs is 3. The number of thiazole rings is 1. The van der Waals surface area contributed by atoms with Gasteiger partial charge in [0.1, 0.15) is 0 Å². The Labute approximate surface area is 223 Å². The van der Waals surface area contributed by atoms with Gasteiger partial charge in [-0.3, -0.25) is 14.5 Å². The van der Waals surface area contributed by atoms with E-state index in [1.54, 1.807) is 17.5 Å². The van der Waals surface area contributed by atoms with Crippen LogP contribution < -0.4 is 10.6 Å². The number of aryl methyl sites for hydroxylation is 1. The molecule has 0 radical (unpaired) electrons. The van der Waals surface area contributed by atoms with Crippen LogP contribution >= 0.6 is 11.3 Å². The van der Waals surface area contributed by atoms with Crippen LogP contribution in [0, 0.1) is 0 Å². The van der Waals surface area contributed by atoms with Crippen LogP contribution in [-0.2, 0) is 17.6 Å². The molecule has 1 amide bonds. The van der Waals surface area contributed by atoms with E-state index in [9.17, 15) is 4.79 Å². The third-order valence-electron chi connectivity index (χ3n) is 7.71. The van der Waals surface area contributed by atoms with Gasteiger partial charge in [-0.25, -0.2) is 4.98 Å². The molecule has 3 aromatic rings. The minimum absolute atomic E-state index is 0.0804. The van der Waals surface area contributed by atoms with Gasteiger partial charge in [-0.2, -0.15) is 5.10 Å². The highest BCUT2D eigenvalue weighted by molar-refractivity contribution is 7.19. The first-order chi connectivity index (χ1) is 18.0. The lowest BCUT2D eigenvalue weighted by Crippen LogP contribution is -2.39. The zero-order chi connectivity index (χ0) is 25.8. The van der Waals surface area contributed by atoms with Crippen LogP contribution in [0.5, 0.6) is 0 Å². The molecule has 1 saturated carbocycles. The summed E-state index contributed by atoms with van der Waals surface area (Å²) in [7, 11) is 4.33. The van der Waals surface area contributed by atoms with E-state index in [-0.39, 0.29) is 5.91 Å². The van der Waals surface area contributed by atoms with E-state index in [2.05, 4.69) is 45.4 Å². The first-order valence-electron chi connectivity index (χ1n) is 13.7. The van der Waals surface area contributed by atoms with Gasteiger partial charge < -0.3 is 15.5 Å². The maximum absolute atomic E-state index is 11.5. The van der Waals surface area contributed by atoms with Crippen LogP contribution in [0.2, 0.25) is 0 Å². The van der Waals surface area contributed by atoms with Gasteiger partial charge in [-0.15, -0.1) is 0 Å². The lowest BCUT2D eigenvalue weighted by atomic mass is 9.93. The van der Waals surface area contributed by atoms with Gasteiger partial charge in [0.15, 0.2) is 5.13 Å². The number of hydrogen-bond acceptors (Lipinski definition) is 7. The minimum Gasteiger partial charge on any atom is -0.317 e. The van der Waals surface area contributed by atoms with Crippen molar-refractivity contribution in [2.75, 3.05) is 32.5 Å². The molecule has 2 fully saturated rings. The quantitative estimate of drug-likeness (QED) is 0.506. The molecular formula is C28H39N7OS. The van der Waals surface area contributed by atoms with Crippen LogP contribution in [0.15, 0.2) is 24.5 Å². The van der Waals surface area contributed by atoms with Crippen molar-refractivity contribution in [1.29, 1.82) is 0 Å². The number of carbonyl (C=O) groups excluding carboxylic acids is 1. The maximum atomic E-state index is 11.5. The molecule has 6 rings (SSSR count). The van der Waals surface area contributed by atoms with Gasteiger partial charge in [0.25, 0.3) is 0 Å². The molecule has 2 N–H and O–H groups in total. The molecule has 0 bridgehead atoms. The molecule has 0 atom stereocenters. The Morgan fingerprint density at radius 1 is 1.14 bits per heavy atom. The summed E-state index contributed by atoms with van der Waals surface area (Å²) in [4.78, 5) is 24.0. The number of rotatable bonds is 4. The molecule has 8 nitrogen and oxygen atoms in total. The second-order valence-electron chi connectivity index (χ2n) is 10.6. The SMILES string of the molecule is CC(=O)Nc1nc2c(s1)-c1c(c(-c3cccnc3)nn1C1CCCCC1)CC2.CN(C)C1CCNCC1. The van der Waals surface area contributed by atoms with Crippen molar-refractivity contribution in [3.63, 3.8) is 0 Å². The van der Waals surface area contributed by atoms with E-state index in [4.69, 9.17) is 10.1 Å². The maximum Gasteiger partial charge on any atom is 0.223 e. The summed E-state index contributed by atoms with van der Waals surface area (Å²) in [5.41, 5.74) is 5.71. The Bertz CT molecular complexity index is 1190. The topological polar surface area (TPSA) is 88.0 Å². The van der Waals surface area contributed by atoms with Crippen molar-refractivity contribution < 1.29 is 4.79 Å². The number of anilines is 1. The molecule has 9 heteroatoms. The van der Waals surface area contributed by atoms with Gasteiger partial charge in [0.2, 0.25) is 5.91 Å². The average molecular weight is 522 g/mol. The number of nitrogens with one attached hydrogen (secondary N) is 2. The number of amides is 1. The average Bonchev–Trinajstić information content (AvgIpc) is 3.51. The molecule has 3 aromatic heterocycles. The number of aromatic nitrogens is 4. The number of nitrogens with zero attached hydrogens (tertiary/aromatic N) is 5. The Kier molecular flexibility index (Phi) is 8.32. The smallest absolute Gasteiger partial charge is 0.223 e. The van der Waals surface area contributed by atoms with Crippen LogP contribution in [0.25, 0.3) is 21.8 Å². The second kappa shape index (κ2) is 11.8. The monoisotopic (exact) mass is 521 g/mol. The predicted molar refractivity (Wildman–Crippen MR) is 150 cm³/mol. The van der Waals surface area contributed by atoms with E-state index >= 15 is 0 Å². The first kappa shape index (κ1) is 26.0. The largest absolute Gasteiger partial charge is 0.317 e. The van der Waals surface area contributed by atoms with Crippen molar-refractivity contribution in [2.24, 2.45) is 0 Å². The Morgan fingerprint density at radius 3 is 2.57 bits per heavy atom. The van der Waals surface area contributed by atoms with E-state index in [0.717, 1.165) is 35.8 Å². The molecule has 198 valence electrons. The van der Waals surface area contributed by atoms with Gasteiger partial charge in [0, 0.05) is 36.5 Å². The van der Waals surface area contributed by atoms with Crippen molar-refractivity contribution >= 4 is 22.4 Å². The highest BCUT2D eigenvalue weighted by Gasteiger charge is 2.32. The fourth-order valence-corrected chi connectivity index (χ4v) is 6.87. The Morgan fingerprint density at radius 2 is 1.92 bits per heavy atom. The molecule has 3 aliphatic rings. The third kappa shape index (κ3) is 5.94. The predicted octanol–water partition coefficient (Wildman–Crippen LogP) is 4.93. The van der Waals surface area contributed by atoms with Crippen LogP contribution in [0.3, 0.4) is 0 Å². The number of carbonyl (C=O) groups is 1. The number of pyridine rings is 1. The van der Waals surface area contributed by atoms with Crippen molar-refractivity contribution in [3.05, 3.63) is 35.8 Å². The van der Waals surface area contributed by atoms with Crippen LogP contribution in [0.1, 0.15) is 69.2 Å². The fourth-order valence-electron chi connectivity index (χ4n) is 5.75. The summed E-state index contributed by atoms with van der Waals surface area (Å²) >= 11 is 1.57. The van der Waals surface area contributed by atoms with Gasteiger partial charge in [-0.1, -0.05) is 30.6 Å². The minimum atomic E-state index is -0.0804. The zero-order valence-corrected chi connectivity index (χ0v) is 23.1. The van der Waals surface area contributed by atoms with E-state index in [1.807, 2.05) is 12.3 Å². The van der Waals surface area contributed by atoms with Crippen molar-refractivity contribution in [2.45, 2.75) is 76.8 Å². The molecule has 0 unspecified atom stereocenters. The summed E-state index contributed by atoms with van der Waals surface area (Å²) in [5, 5.41) is 12.0. The molecule has 1 aliphatic heterocycles. The fraction of sp³-hybridized carbons (Fsp3) is 0.571. The summed E-state index contributed by atoms with van der Waals surface area (Å²) in [6.07, 6.45) is 14.3. The normalized spacial score (nSPS) is 18.1. The number of piperidine rings is 1. The van der Waals surface area contributed by atoms with Gasteiger partial charge in [0.05, 0.1) is 28.0 Å². The number of hydrogen-bond donors (Lipinski definition) is 2. The summed E-state index contributed by atoms with van der Waals surface area (Å²) in [5.74, 6) is -0.0804. The molecular weight excluding hydrogens is 482 g/mol. The Hall–Kier alpha value is -2.62. The van der Waals surface area contributed by atoms with E-state index < -0.39 is 0 Å². The van der Waals surface area contributed by atoms with E-state index in [1.165, 1.54) is 81.1 Å². The standard InChI is InChI=1S/C21H23N5OS.C7H16N2/c1-13(27)23-21-24-17-10-9-16-18(14-6-5-11-22-12-14)25-26(19(16)20(17)28-21)15-7-3-2-4-8-15;1-9(2)7-3-5-8-6-4-7/h5-6,11-12,15H,2-4,7-10H2,1H3,(H,23,24,27);7-8H,3-6H2,1-2H3. The van der Waals surface area contributed by atoms with Crippen LogP contribution in [0.4, 0.5) is 5.13 Å². The third-order valence-corrected chi connectivity index (χ3v) is 8.73. The molecule has 2 aliphatic carbocycles. The van der Waals surface area contributed by atoms with E-state index in [0.29, 0.717) is 11.2 Å². The Balaban J connectivity index is 0.000000265. The molecule has 0 spiro atoms. The lowest BCUT2D eigenvalue weighted by Gasteiger charge is -2.28. The highest BCUT2D eigenvalue weighted by Crippen LogP contribution is 2.45. The second-order valence-corrected chi connectivity index (χ2v) is 11.6. The summed E-state index contributed by atoms with van der Waals surface area (Å²) in [6.45, 7) is 3.92. The lowest BCUT2D eigenvalue weighted by molar-refractivity contribution is -0.114. The molecule has 0 aromatic carbocycles. The first-order valence-corrected chi connectivity index (χ1v) is 14.5. The van der Waals surface area contributed by atoms with Crippen molar-refractivity contribution in [1.82, 2.24) is 30.0 Å².